The molecule has 0 aliphatic rings. The van der Waals surface area contributed by atoms with Crippen LogP contribution in [0.1, 0.15) is 64.7 Å². The Kier molecular flexibility index (Phi) is 13.1. The zero-order valence-corrected chi connectivity index (χ0v) is 14.1. The molecule has 0 unspecified atom stereocenters. The minimum atomic E-state index is -4.28. The van der Waals surface area contributed by atoms with E-state index in [0.29, 0.717) is 13.0 Å². The molecule has 0 saturated heterocycles. The fourth-order valence-corrected chi connectivity index (χ4v) is 2.29. The first-order valence-electron chi connectivity index (χ1n) is 7.87. The van der Waals surface area contributed by atoms with Gasteiger partial charge in [-0.15, -0.1) is 0 Å². The molecule has 6 nitrogen and oxygen atoms in total. The molecule has 0 atom stereocenters. The van der Waals surface area contributed by atoms with Gasteiger partial charge < -0.3 is 4.74 Å². The van der Waals surface area contributed by atoms with Gasteiger partial charge in [0.25, 0.3) is 0 Å². The van der Waals surface area contributed by atoms with Gasteiger partial charge in [-0.05, 0) is 19.8 Å². The number of unbranched alkanes of at least 4 members (excludes halogenated alkanes) is 8. The Bertz CT molecular complexity index is 402. The van der Waals surface area contributed by atoms with Gasteiger partial charge in [0, 0.05) is 6.08 Å². The second-order valence-corrected chi connectivity index (χ2v) is 6.19. The second-order valence-electron chi connectivity index (χ2n) is 5.10. The molecule has 0 aliphatic heterocycles. The molecule has 1 N–H and O–H groups in total. The molecule has 0 aromatic carbocycles. The maximum Gasteiger partial charge on any atom is 0.397 e. The third-order valence-electron chi connectivity index (χ3n) is 3.07. The topological polar surface area (TPSA) is 89.9 Å². The van der Waals surface area contributed by atoms with Crippen LogP contribution in [-0.2, 0) is 24.1 Å². The smallest absolute Gasteiger partial charge is 0.397 e. The molecular formula is C15H28O6S. The van der Waals surface area contributed by atoms with Crippen LogP contribution >= 0.6 is 0 Å². The van der Waals surface area contributed by atoms with E-state index in [0.717, 1.165) is 51.4 Å². The van der Waals surface area contributed by atoms with Crippen molar-refractivity contribution in [1.82, 2.24) is 0 Å². The van der Waals surface area contributed by atoms with Crippen molar-refractivity contribution in [2.45, 2.75) is 64.7 Å². The van der Waals surface area contributed by atoms with Gasteiger partial charge in [-0.3, -0.25) is 4.55 Å². The van der Waals surface area contributed by atoms with Crippen molar-refractivity contribution in [2.24, 2.45) is 0 Å². The number of hydrogen-bond donors (Lipinski definition) is 1. The summed E-state index contributed by atoms with van der Waals surface area (Å²) in [6, 6.07) is 0. The summed E-state index contributed by atoms with van der Waals surface area (Å²) in [6.07, 6.45) is 12.2. The lowest BCUT2D eigenvalue weighted by Gasteiger charge is -2.03. The van der Waals surface area contributed by atoms with Gasteiger partial charge in [0.2, 0.25) is 0 Å². The van der Waals surface area contributed by atoms with Gasteiger partial charge >= 0.3 is 16.4 Å². The van der Waals surface area contributed by atoms with Gasteiger partial charge in [-0.1, -0.05) is 51.0 Å². The molecule has 0 heterocycles. The SMILES string of the molecule is C/C=C/C(=O)OCCCCCCCCCCCOS(=O)(=O)O. The third-order valence-corrected chi connectivity index (χ3v) is 3.53. The van der Waals surface area contributed by atoms with Crippen molar-refractivity contribution in [2.75, 3.05) is 13.2 Å². The van der Waals surface area contributed by atoms with Crippen LogP contribution in [0.15, 0.2) is 12.2 Å². The largest absolute Gasteiger partial charge is 0.463 e. The number of carbonyl (C=O) groups excluding carboxylic acids is 1. The van der Waals surface area contributed by atoms with Crippen LogP contribution < -0.4 is 0 Å². The number of esters is 1. The predicted octanol–water partition coefficient (Wildman–Crippen LogP) is 3.44. The summed E-state index contributed by atoms with van der Waals surface area (Å²) in [4.78, 5) is 11.0. The van der Waals surface area contributed by atoms with Crippen molar-refractivity contribution in [3.8, 4) is 0 Å². The quantitative estimate of drug-likeness (QED) is 0.226. The van der Waals surface area contributed by atoms with Crippen LogP contribution in [0.2, 0.25) is 0 Å². The molecule has 0 aromatic rings. The molecule has 22 heavy (non-hydrogen) atoms. The molecule has 0 radical (unpaired) electrons. The molecule has 0 fully saturated rings. The Morgan fingerprint density at radius 3 is 1.82 bits per heavy atom. The summed E-state index contributed by atoms with van der Waals surface area (Å²) in [7, 11) is -4.28. The Morgan fingerprint density at radius 1 is 0.909 bits per heavy atom. The van der Waals surface area contributed by atoms with Crippen LogP contribution in [-0.4, -0.2) is 32.2 Å². The summed E-state index contributed by atoms with van der Waals surface area (Å²) in [5.74, 6) is -0.277. The molecule has 0 saturated carbocycles. The Morgan fingerprint density at radius 2 is 1.36 bits per heavy atom. The van der Waals surface area contributed by atoms with E-state index in [9.17, 15) is 13.2 Å². The molecule has 0 aliphatic carbocycles. The first kappa shape index (κ1) is 21.1. The average Bonchev–Trinajstić information content (AvgIpc) is 2.43. The summed E-state index contributed by atoms with van der Waals surface area (Å²) in [5, 5.41) is 0. The van der Waals surface area contributed by atoms with Crippen molar-refractivity contribution in [1.29, 1.82) is 0 Å². The van der Waals surface area contributed by atoms with Gasteiger partial charge in [0.1, 0.15) is 0 Å². The summed E-state index contributed by atoms with van der Waals surface area (Å²) in [5.41, 5.74) is 0. The molecule has 0 spiro atoms. The molecule has 0 bridgehead atoms. The van der Waals surface area contributed by atoms with E-state index in [1.165, 1.54) is 6.08 Å². The Balaban J connectivity index is 3.16. The van der Waals surface area contributed by atoms with Gasteiger partial charge in [0.15, 0.2) is 0 Å². The lowest BCUT2D eigenvalue weighted by molar-refractivity contribution is -0.137. The van der Waals surface area contributed by atoms with E-state index in [4.69, 9.17) is 9.29 Å². The highest BCUT2D eigenvalue weighted by atomic mass is 32.3. The fourth-order valence-electron chi connectivity index (χ4n) is 1.96. The van der Waals surface area contributed by atoms with Gasteiger partial charge in [-0.2, -0.15) is 8.42 Å². The van der Waals surface area contributed by atoms with Crippen LogP contribution in [0.25, 0.3) is 0 Å². The maximum absolute atomic E-state index is 11.0. The Labute approximate surface area is 133 Å². The number of ether oxygens (including phenoxy) is 1. The van der Waals surface area contributed by atoms with Crippen molar-refractivity contribution in [3.05, 3.63) is 12.2 Å². The van der Waals surface area contributed by atoms with E-state index in [1.54, 1.807) is 13.0 Å². The summed E-state index contributed by atoms with van der Waals surface area (Å²) >= 11 is 0. The minimum Gasteiger partial charge on any atom is -0.463 e. The number of hydrogen-bond acceptors (Lipinski definition) is 5. The summed E-state index contributed by atoms with van der Waals surface area (Å²) < 4.78 is 38.1. The minimum absolute atomic E-state index is 0.0464. The number of carbonyl (C=O) groups is 1. The van der Waals surface area contributed by atoms with Crippen molar-refractivity contribution >= 4 is 16.4 Å². The van der Waals surface area contributed by atoms with E-state index in [1.807, 2.05) is 0 Å². The fraction of sp³-hybridized carbons (Fsp3) is 0.800. The zero-order valence-electron chi connectivity index (χ0n) is 13.3. The molecule has 0 amide bonds. The molecule has 0 aromatic heterocycles. The van der Waals surface area contributed by atoms with Crippen LogP contribution in [0.5, 0.6) is 0 Å². The van der Waals surface area contributed by atoms with E-state index in [2.05, 4.69) is 4.18 Å². The molecular weight excluding hydrogens is 308 g/mol. The maximum atomic E-state index is 11.0. The van der Waals surface area contributed by atoms with E-state index < -0.39 is 10.4 Å². The first-order chi connectivity index (χ1) is 10.5. The van der Waals surface area contributed by atoms with E-state index >= 15 is 0 Å². The standard InChI is InChI=1S/C15H28O6S/c1-2-12-15(16)20-13-10-8-6-4-3-5-7-9-11-14-21-22(17,18)19/h2,12H,3-11,13-14H2,1H3,(H,17,18,19)/b12-2+. The predicted molar refractivity (Wildman–Crippen MR) is 84.8 cm³/mol. The molecule has 0 rings (SSSR count). The Hall–Kier alpha value is -0.920. The van der Waals surface area contributed by atoms with Gasteiger partial charge in [-0.25, -0.2) is 8.98 Å². The number of rotatable bonds is 14. The lowest BCUT2D eigenvalue weighted by atomic mass is 10.1. The van der Waals surface area contributed by atoms with Gasteiger partial charge in [0.05, 0.1) is 13.2 Å². The highest BCUT2D eigenvalue weighted by Crippen LogP contribution is 2.10. The summed E-state index contributed by atoms with van der Waals surface area (Å²) in [6.45, 7) is 2.31. The van der Waals surface area contributed by atoms with Crippen molar-refractivity contribution in [3.63, 3.8) is 0 Å². The lowest BCUT2D eigenvalue weighted by Crippen LogP contribution is -2.04. The van der Waals surface area contributed by atoms with Crippen LogP contribution in [0.4, 0.5) is 0 Å². The monoisotopic (exact) mass is 336 g/mol. The molecule has 7 heteroatoms. The highest BCUT2D eigenvalue weighted by molar-refractivity contribution is 7.80. The van der Waals surface area contributed by atoms with Crippen LogP contribution in [0.3, 0.4) is 0 Å². The normalized spacial score (nSPS) is 11.9. The number of allylic oxidation sites excluding steroid dienone is 1. The zero-order chi connectivity index (χ0) is 16.7. The molecule has 130 valence electrons. The average molecular weight is 336 g/mol. The second kappa shape index (κ2) is 13.7. The first-order valence-corrected chi connectivity index (χ1v) is 9.23. The van der Waals surface area contributed by atoms with Crippen molar-refractivity contribution < 1.29 is 26.7 Å². The van der Waals surface area contributed by atoms with Crippen LogP contribution in [0, 0.1) is 0 Å². The third kappa shape index (κ3) is 17.1. The highest BCUT2D eigenvalue weighted by Gasteiger charge is 2.02. The van der Waals surface area contributed by atoms with E-state index in [-0.39, 0.29) is 12.6 Å².